The summed E-state index contributed by atoms with van der Waals surface area (Å²) in [5, 5.41) is 3.48. The van der Waals surface area contributed by atoms with Gasteiger partial charge in [-0.1, -0.05) is 31.5 Å². The summed E-state index contributed by atoms with van der Waals surface area (Å²) < 4.78 is 27.2. The van der Waals surface area contributed by atoms with Crippen molar-refractivity contribution in [2.24, 2.45) is 0 Å². The van der Waals surface area contributed by atoms with Gasteiger partial charge in [0.25, 0.3) is 0 Å². The number of benzene rings is 1. The third-order valence-corrected chi connectivity index (χ3v) is 6.14. The number of sulfonamides is 1. The van der Waals surface area contributed by atoms with E-state index in [4.69, 9.17) is 11.6 Å². The van der Waals surface area contributed by atoms with Crippen molar-refractivity contribution in [2.75, 3.05) is 19.6 Å². The van der Waals surface area contributed by atoms with Gasteiger partial charge in [-0.2, -0.15) is 4.31 Å². The molecule has 120 valence electrons. The monoisotopic (exact) mass is 352 g/mol. The summed E-state index contributed by atoms with van der Waals surface area (Å²) in [6.07, 6.45) is 0. The molecule has 0 amide bonds. The highest BCUT2D eigenvalue weighted by molar-refractivity contribution is 7.89. The minimum Gasteiger partial charge on any atom is -0.314 e. The van der Waals surface area contributed by atoms with Crippen molar-refractivity contribution in [1.82, 2.24) is 9.62 Å². The lowest BCUT2D eigenvalue weighted by Crippen LogP contribution is -2.52. The van der Waals surface area contributed by atoms with Gasteiger partial charge in [0.15, 0.2) is 0 Å². The van der Waals surface area contributed by atoms with Crippen LogP contribution in [0.4, 0.5) is 0 Å². The van der Waals surface area contributed by atoms with Crippen LogP contribution in [0.25, 0.3) is 0 Å². The van der Waals surface area contributed by atoms with Gasteiger partial charge in [0.1, 0.15) is 4.90 Å². The first kappa shape index (κ1) is 18.7. The van der Waals surface area contributed by atoms with Crippen LogP contribution in [0.1, 0.15) is 32.3 Å². The molecule has 0 radical (unpaired) electrons. The maximum atomic E-state index is 12.8. The fourth-order valence-electron chi connectivity index (χ4n) is 2.38. The maximum Gasteiger partial charge on any atom is 0.244 e. The van der Waals surface area contributed by atoms with Crippen molar-refractivity contribution >= 4 is 34.0 Å². The molecule has 0 aromatic heterocycles. The molecule has 0 aliphatic carbocycles. The van der Waals surface area contributed by atoms with E-state index in [0.717, 1.165) is 5.56 Å². The quantitative estimate of drug-likeness (QED) is 0.909. The molecule has 1 fully saturated rings. The fourth-order valence-corrected chi connectivity index (χ4v) is 4.52. The van der Waals surface area contributed by atoms with Crippen molar-refractivity contribution in [1.29, 1.82) is 0 Å². The van der Waals surface area contributed by atoms with E-state index in [1.54, 1.807) is 12.1 Å². The fraction of sp³-hybridized carbons (Fsp3) is 0.571. The van der Waals surface area contributed by atoms with Gasteiger partial charge in [-0.15, -0.1) is 12.4 Å². The predicted molar refractivity (Wildman–Crippen MR) is 89.0 cm³/mol. The minimum absolute atomic E-state index is 0. The van der Waals surface area contributed by atoms with Gasteiger partial charge in [-0.25, -0.2) is 8.42 Å². The highest BCUT2D eigenvalue weighted by atomic mass is 35.5. The largest absolute Gasteiger partial charge is 0.314 e. The maximum absolute atomic E-state index is 12.8. The molecule has 1 aliphatic heterocycles. The highest BCUT2D eigenvalue weighted by Crippen LogP contribution is 2.29. The topological polar surface area (TPSA) is 49.4 Å². The SMILES string of the molecule is CC(C)c1ccc(Cl)c(S(=O)(=O)N2CCNC[C@H]2C)c1.Cl. The summed E-state index contributed by atoms with van der Waals surface area (Å²) >= 11 is 6.13. The molecule has 0 saturated carbocycles. The normalized spacial score (nSPS) is 20.3. The van der Waals surface area contributed by atoms with Crippen molar-refractivity contribution in [3.8, 4) is 0 Å². The standard InChI is InChI=1S/C14H21ClN2O2S.ClH/c1-10(2)12-4-5-13(15)14(8-12)20(18,19)17-7-6-16-9-11(17)3;/h4-5,8,10-11,16H,6-7,9H2,1-3H3;1H/t11-;/m1./s1. The molecule has 0 spiro atoms. The van der Waals surface area contributed by atoms with Crippen LogP contribution >= 0.6 is 24.0 Å². The Morgan fingerprint density at radius 3 is 2.62 bits per heavy atom. The van der Waals surface area contributed by atoms with Crippen LogP contribution in [0.2, 0.25) is 5.02 Å². The molecule has 1 atom stereocenters. The zero-order chi connectivity index (χ0) is 14.9. The molecule has 4 nitrogen and oxygen atoms in total. The number of nitrogens with one attached hydrogen (secondary N) is 1. The first-order chi connectivity index (χ1) is 9.34. The highest BCUT2D eigenvalue weighted by Gasteiger charge is 2.32. The van der Waals surface area contributed by atoms with E-state index in [1.165, 1.54) is 4.31 Å². The van der Waals surface area contributed by atoms with Crippen molar-refractivity contribution in [3.05, 3.63) is 28.8 Å². The van der Waals surface area contributed by atoms with Gasteiger partial charge in [0.2, 0.25) is 10.0 Å². The second kappa shape index (κ2) is 7.29. The first-order valence-electron chi connectivity index (χ1n) is 6.86. The number of halogens is 2. The van der Waals surface area contributed by atoms with Gasteiger partial charge in [-0.05, 0) is 30.5 Å². The van der Waals surface area contributed by atoms with Gasteiger partial charge in [0.05, 0.1) is 5.02 Å². The zero-order valence-electron chi connectivity index (χ0n) is 12.5. The molecule has 7 heteroatoms. The third-order valence-electron chi connectivity index (χ3n) is 3.65. The van der Waals surface area contributed by atoms with Crippen LogP contribution in [0.3, 0.4) is 0 Å². The summed E-state index contributed by atoms with van der Waals surface area (Å²) in [5.41, 5.74) is 0.982. The van der Waals surface area contributed by atoms with Gasteiger partial charge in [-0.3, -0.25) is 0 Å². The Morgan fingerprint density at radius 2 is 2.05 bits per heavy atom. The van der Waals surface area contributed by atoms with Crippen LogP contribution in [0.5, 0.6) is 0 Å². The average Bonchev–Trinajstić information content (AvgIpc) is 2.39. The number of hydrogen-bond donors (Lipinski definition) is 1. The van der Waals surface area contributed by atoms with E-state index >= 15 is 0 Å². The molecule has 1 aromatic rings. The van der Waals surface area contributed by atoms with E-state index in [1.807, 2.05) is 26.8 Å². The van der Waals surface area contributed by atoms with Gasteiger partial charge < -0.3 is 5.32 Å². The lowest BCUT2D eigenvalue weighted by atomic mass is 10.0. The lowest BCUT2D eigenvalue weighted by Gasteiger charge is -2.33. The van der Waals surface area contributed by atoms with Crippen molar-refractivity contribution in [3.63, 3.8) is 0 Å². The van der Waals surface area contributed by atoms with Crippen molar-refractivity contribution in [2.45, 2.75) is 37.6 Å². The Balaban J connectivity index is 0.00000220. The molecule has 1 aromatic carbocycles. The third kappa shape index (κ3) is 3.90. The molecule has 2 rings (SSSR count). The molecule has 1 N–H and O–H groups in total. The molecule has 1 heterocycles. The Labute approximate surface area is 138 Å². The molecule has 0 bridgehead atoms. The Hall–Kier alpha value is -0.330. The van der Waals surface area contributed by atoms with Crippen LogP contribution in [-0.4, -0.2) is 38.4 Å². The van der Waals surface area contributed by atoms with Crippen LogP contribution < -0.4 is 5.32 Å². The van der Waals surface area contributed by atoms with E-state index in [-0.39, 0.29) is 29.3 Å². The molecule has 0 unspecified atom stereocenters. The lowest BCUT2D eigenvalue weighted by molar-refractivity contribution is 0.284. The number of nitrogens with zero attached hydrogens (tertiary/aromatic N) is 1. The molecule has 21 heavy (non-hydrogen) atoms. The summed E-state index contributed by atoms with van der Waals surface area (Å²) in [6.45, 7) is 7.79. The summed E-state index contributed by atoms with van der Waals surface area (Å²) in [6, 6.07) is 5.20. The number of hydrogen-bond acceptors (Lipinski definition) is 3. The first-order valence-corrected chi connectivity index (χ1v) is 8.68. The second-order valence-corrected chi connectivity index (χ2v) is 7.78. The molecular formula is C14H22Cl2N2O2S. The predicted octanol–water partition coefficient (Wildman–Crippen LogP) is 2.87. The number of piperazine rings is 1. The second-order valence-electron chi connectivity index (χ2n) is 5.51. The molecule has 1 saturated heterocycles. The Kier molecular flexibility index (Phi) is 6.50. The summed E-state index contributed by atoms with van der Waals surface area (Å²) in [7, 11) is -3.54. The smallest absolute Gasteiger partial charge is 0.244 e. The van der Waals surface area contributed by atoms with Gasteiger partial charge >= 0.3 is 0 Å². The number of rotatable bonds is 3. The van der Waals surface area contributed by atoms with Crippen LogP contribution in [-0.2, 0) is 10.0 Å². The average molecular weight is 353 g/mol. The molecular weight excluding hydrogens is 331 g/mol. The summed E-state index contributed by atoms with van der Waals surface area (Å²) in [4.78, 5) is 0.221. The van der Waals surface area contributed by atoms with Crippen molar-refractivity contribution < 1.29 is 8.42 Å². The zero-order valence-corrected chi connectivity index (χ0v) is 14.9. The summed E-state index contributed by atoms with van der Waals surface area (Å²) in [5.74, 6) is 0.265. The van der Waals surface area contributed by atoms with E-state index in [9.17, 15) is 8.42 Å². The van der Waals surface area contributed by atoms with E-state index < -0.39 is 10.0 Å². The van der Waals surface area contributed by atoms with Gasteiger partial charge in [0, 0.05) is 25.7 Å². The Morgan fingerprint density at radius 1 is 1.38 bits per heavy atom. The van der Waals surface area contributed by atoms with Crippen LogP contribution in [0, 0.1) is 0 Å². The van der Waals surface area contributed by atoms with E-state index in [2.05, 4.69) is 5.32 Å². The van der Waals surface area contributed by atoms with Crippen LogP contribution in [0.15, 0.2) is 23.1 Å². The minimum atomic E-state index is -3.54. The van der Waals surface area contributed by atoms with E-state index in [0.29, 0.717) is 24.7 Å². The Bertz CT molecular complexity index is 591. The molecule has 1 aliphatic rings.